The van der Waals surface area contributed by atoms with Crippen LogP contribution >= 0.6 is 0 Å². The van der Waals surface area contributed by atoms with Crippen molar-refractivity contribution in [1.82, 2.24) is 28.7 Å². The summed E-state index contributed by atoms with van der Waals surface area (Å²) >= 11 is 0. The number of fused-ring (bicyclic) bond motifs is 22. The van der Waals surface area contributed by atoms with Crippen LogP contribution < -0.4 is 0 Å². The number of nitrogens with zero attached hydrogens (tertiary/aromatic N) is 6. The van der Waals surface area contributed by atoms with E-state index in [-0.39, 0.29) is 0 Å². The van der Waals surface area contributed by atoms with Crippen molar-refractivity contribution in [1.29, 1.82) is 0 Å². The van der Waals surface area contributed by atoms with Crippen LogP contribution in [0.5, 0.6) is 0 Å². The molecule has 0 fully saturated rings. The molecular formula is C140H102N6O. The van der Waals surface area contributed by atoms with Gasteiger partial charge in [-0.05, 0) is 290 Å². The van der Waals surface area contributed by atoms with Crippen LogP contribution in [-0.4, -0.2) is 28.7 Å². The summed E-state index contributed by atoms with van der Waals surface area (Å²) in [5, 5.41) is 16.8. The first-order valence-electron chi connectivity index (χ1n) is 52.2. The van der Waals surface area contributed by atoms with Gasteiger partial charge in [0.1, 0.15) is 11.2 Å². The SMILES string of the molecule is c1ccc(-c2cc(-c3cccc(-n4c5c(c6ccc7ccccc7c64)CCCC5)c3)cc(-c3cccc4ccccc34)c2)cc1.c1ccc(-c2cc(-c3cccc(-n4c5c(c6ccc7ccccc7c64)CCCC5)c3)nc(-c3ccc4oc5ccccc5c4c3)n2)cc1.c1ccc(-c2cc(-n3c4c(c5c6ccccc6ccc53)CCCC4)cc(-c3ccc4c(c3)C(c3ccccc3)(c3ccccc3)c3ccccc3-4)n2)cc1. The van der Waals surface area contributed by atoms with Crippen molar-refractivity contribution >= 4 is 97.7 Å². The second kappa shape index (κ2) is 36.5. The van der Waals surface area contributed by atoms with Gasteiger partial charge in [0.25, 0.3) is 0 Å². The number of aromatic nitrogens is 6. The van der Waals surface area contributed by atoms with Crippen molar-refractivity contribution in [3.8, 4) is 118 Å². The Bertz CT molecular complexity index is 9640. The van der Waals surface area contributed by atoms with Crippen molar-refractivity contribution in [2.45, 2.75) is 82.5 Å². The minimum Gasteiger partial charge on any atom is -0.456 e. The smallest absolute Gasteiger partial charge is 0.160 e. The van der Waals surface area contributed by atoms with Crippen LogP contribution in [0.3, 0.4) is 0 Å². The number of hydrogen-bond donors (Lipinski definition) is 0. The number of furan rings is 1. The zero-order chi connectivity index (χ0) is 97.0. The van der Waals surface area contributed by atoms with E-state index in [1.165, 1.54) is 232 Å². The summed E-state index contributed by atoms with van der Waals surface area (Å²) in [6.07, 6.45) is 14.1. The van der Waals surface area contributed by atoms with E-state index >= 15 is 0 Å². The zero-order valence-corrected chi connectivity index (χ0v) is 81.6. The molecule has 698 valence electrons. The fraction of sp³-hybridized carbons (Fsp3) is 0.0929. The highest BCUT2D eigenvalue weighted by Crippen LogP contribution is 2.58. The normalized spacial score (nSPS) is 13.4. The molecule has 0 saturated carbocycles. The van der Waals surface area contributed by atoms with Crippen LogP contribution in [0.25, 0.3) is 216 Å². The van der Waals surface area contributed by atoms with Gasteiger partial charge in [-0.1, -0.05) is 376 Å². The summed E-state index contributed by atoms with van der Waals surface area (Å²) in [6, 6.07) is 172. The fourth-order valence-electron chi connectivity index (χ4n) is 25.1. The molecule has 30 rings (SSSR count). The number of rotatable bonds is 13. The molecule has 26 aromatic rings. The lowest BCUT2D eigenvalue weighted by Gasteiger charge is -2.34. The van der Waals surface area contributed by atoms with Gasteiger partial charge >= 0.3 is 0 Å². The van der Waals surface area contributed by atoms with Crippen LogP contribution in [0.4, 0.5) is 0 Å². The number of benzene rings is 20. The molecule has 6 heterocycles. The van der Waals surface area contributed by atoms with Gasteiger partial charge in [-0.2, -0.15) is 0 Å². The maximum Gasteiger partial charge on any atom is 0.160 e. The highest BCUT2D eigenvalue weighted by Gasteiger charge is 2.46. The maximum atomic E-state index is 6.13. The van der Waals surface area contributed by atoms with Gasteiger partial charge in [0.2, 0.25) is 0 Å². The minimum absolute atomic E-state index is 0.471. The van der Waals surface area contributed by atoms with E-state index in [0.717, 1.165) is 111 Å². The predicted octanol–water partition coefficient (Wildman–Crippen LogP) is 35.9. The van der Waals surface area contributed by atoms with E-state index in [4.69, 9.17) is 19.4 Å². The average Bonchev–Trinajstić information content (AvgIpc) is 1.53. The van der Waals surface area contributed by atoms with Crippen molar-refractivity contribution in [3.63, 3.8) is 0 Å². The number of para-hydroxylation sites is 1. The molecule has 147 heavy (non-hydrogen) atoms. The van der Waals surface area contributed by atoms with Crippen LogP contribution in [0.2, 0.25) is 0 Å². The van der Waals surface area contributed by atoms with Gasteiger partial charge < -0.3 is 18.1 Å². The first-order chi connectivity index (χ1) is 72.9. The number of aryl methyl sites for hydroxylation is 3. The summed E-state index contributed by atoms with van der Waals surface area (Å²) in [5.74, 6) is 0.693. The Balaban J connectivity index is 0.000000107. The molecule has 0 unspecified atom stereocenters. The maximum absolute atomic E-state index is 6.13. The van der Waals surface area contributed by atoms with E-state index in [9.17, 15) is 0 Å². The fourth-order valence-corrected chi connectivity index (χ4v) is 25.1. The summed E-state index contributed by atoms with van der Waals surface area (Å²) in [4.78, 5) is 15.9. The van der Waals surface area contributed by atoms with E-state index in [1.54, 1.807) is 0 Å². The highest BCUT2D eigenvalue weighted by molar-refractivity contribution is 6.13. The topological polar surface area (TPSA) is 66.6 Å². The Kier molecular flexibility index (Phi) is 21.6. The van der Waals surface area contributed by atoms with Gasteiger partial charge in [0.15, 0.2) is 5.82 Å². The molecule has 4 aliphatic carbocycles. The number of hydrogen-bond acceptors (Lipinski definition) is 4. The van der Waals surface area contributed by atoms with Crippen molar-refractivity contribution in [2.75, 3.05) is 0 Å². The van der Waals surface area contributed by atoms with Crippen LogP contribution in [0, 0.1) is 0 Å². The monoisotopic (exact) mass is 1880 g/mol. The molecule has 0 saturated heterocycles. The van der Waals surface area contributed by atoms with Gasteiger partial charge in [-0.25, -0.2) is 15.0 Å². The first kappa shape index (κ1) is 86.9. The molecule has 7 nitrogen and oxygen atoms in total. The largest absolute Gasteiger partial charge is 0.456 e. The van der Waals surface area contributed by atoms with Crippen LogP contribution in [0.15, 0.2) is 478 Å². The summed E-state index contributed by atoms with van der Waals surface area (Å²) in [6.45, 7) is 0. The lowest BCUT2D eigenvalue weighted by Crippen LogP contribution is -2.28. The lowest BCUT2D eigenvalue weighted by molar-refractivity contribution is 0.667. The van der Waals surface area contributed by atoms with Gasteiger partial charge in [0, 0.05) is 94.0 Å². The predicted molar refractivity (Wildman–Crippen MR) is 611 cm³/mol. The Hall–Kier alpha value is -17.9. The summed E-state index contributed by atoms with van der Waals surface area (Å²) in [5.41, 5.74) is 42.0. The Morgan fingerprint density at radius 3 is 1.27 bits per heavy atom. The Labute approximate surface area is 854 Å². The second-order valence-electron chi connectivity index (χ2n) is 40.1. The number of pyridine rings is 1. The third kappa shape index (κ3) is 15.0. The quantitative estimate of drug-likeness (QED) is 0.115. The van der Waals surface area contributed by atoms with Crippen molar-refractivity contribution < 1.29 is 4.42 Å². The second-order valence-corrected chi connectivity index (χ2v) is 40.1. The summed E-state index contributed by atoms with van der Waals surface area (Å²) < 4.78 is 13.8. The molecule has 4 aliphatic rings. The van der Waals surface area contributed by atoms with Crippen LogP contribution in [-0.2, 0) is 43.9 Å². The third-order valence-electron chi connectivity index (χ3n) is 31.8. The molecule has 6 aromatic heterocycles. The molecule has 0 atom stereocenters. The molecule has 0 radical (unpaired) electrons. The molecule has 20 aromatic carbocycles. The Morgan fingerprint density at radius 1 is 0.211 bits per heavy atom. The van der Waals surface area contributed by atoms with Gasteiger partial charge in [-0.3, -0.25) is 0 Å². The first-order valence-corrected chi connectivity index (χ1v) is 52.2. The molecule has 7 heteroatoms. The van der Waals surface area contributed by atoms with E-state index in [2.05, 4.69) is 463 Å². The van der Waals surface area contributed by atoms with E-state index in [1.807, 2.05) is 24.3 Å². The zero-order valence-electron chi connectivity index (χ0n) is 81.6. The van der Waals surface area contributed by atoms with E-state index in [0.29, 0.717) is 5.82 Å². The highest BCUT2D eigenvalue weighted by atomic mass is 16.3. The third-order valence-corrected chi connectivity index (χ3v) is 31.8. The van der Waals surface area contributed by atoms with Crippen LogP contribution in [0.1, 0.15) is 94.6 Å². The van der Waals surface area contributed by atoms with Crippen molar-refractivity contribution in [3.05, 3.63) is 529 Å². The van der Waals surface area contributed by atoms with Gasteiger partial charge in [0.05, 0.1) is 50.4 Å². The molecular weight excluding hydrogens is 1780 g/mol. The lowest BCUT2D eigenvalue weighted by atomic mass is 9.67. The van der Waals surface area contributed by atoms with E-state index < -0.39 is 5.41 Å². The average molecular weight is 1880 g/mol. The Morgan fingerprint density at radius 2 is 0.633 bits per heavy atom. The minimum atomic E-state index is -0.471. The summed E-state index contributed by atoms with van der Waals surface area (Å²) in [7, 11) is 0. The molecule has 0 bridgehead atoms. The molecule has 0 amide bonds. The molecule has 0 spiro atoms. The molecule has 0 N–H and O–H groups in total. The standard InChI is InChI=1S/C52H38N2.C44H31N3O.C44H33N/c1-4-17-36(18-5-1)47-33-40(54-49-27-15-13-25-44(49)51-41-23-11-10-16-35(41)29-31-50(51)54)34-48(53-47)37-28-30-43-42-24-12-14-26-45(42)52(46(43)32-37,38-19-6-2-7-20-38)39-21-8-3-9-22-39;1-2-12-29(13-3-1)38-27-39(46-44(45-38)31-22-24-42-37(26-31)35-18-7-9-20-41(35)48-42)30-14-10-15-32(25-30)47-40-19-8-6-17-34(40)36-23-21-28-11-4-5-16-33(28)43(36)47;1-2-12-30(13-3-1)34-26-35(28-36(27-34)39-22-11-16-31-14-4-6-19-38(31)39)33-17-10-18-37(29-33)45-43-23-9-8-21-41(43)42-25-24-32-15-5-7-20-40(32)44(42)45/h1-12,14,16-24,26,28-34H,13,15,25,27H2;1-5,7,9-16,18,20-27H,6,8,17,19H2;1-7,10-20,22,24-29H,8-9,21,23H2. The van der Waals surface area contributed by atoms with Crippen molar-refractivity contribution in [2.24, 2.45) is 0 Å². The molecule has 0 aliphatic heterocycles. The van der Waals surface area contributed by atoms with Gasteiger partial charge in [-0.15, -0.1) is 0 Å².